The maximum absolute atomic E-state index is 13.1. The minimum Gasteiger partial charge on any atom is -0.350 e. The van der Waals surface area contributed by atoms with Crippen LogP contribution in [0.5, 0.6) is 0 Å². The van der Waals surface area contributed by atoms with Crippen molar-refractivity contribution in [2.45, 2.75) is 30.2 Å². The Labute approximate surface area is 206 Å². The van der Waals surface area contributed by atoms with E-state index in [-0.39, 0.29) is 17.7 Å². The molecule has 1 aliphatic rings. The second kappa shape index (κ2) is 11.6. The zero-order valence-electron chi connectivity index (χ0n) is 18.2. The van der Waals surface area contributed by atoms with Crippen LogP contribution in [0.15, 0.2) is 58.9 Å². The molecule has 0 aromatic carbocycles. The summed E-state index contributed by atoms with van der Waals surface area (Å²) in [6, 6.07) is 7.74. The molecule has 0 spiro atoms. The topological polar surface area (TPSA) is 75.2 Å². The fourth-order valence-electron chi connectivity index (χ4n) is 3.73. The summed E-state index contributed by atoms with van der Waals surface area (Å²) < 4.78 is 0. The zero-order valence-corrected chi connectivity index (χ0v) is 20.7. The standard InChI is InChI=1S/C24H26N4O2S3/c1-2-14-32-23-19(6-3-10-26-23)24(30)28-12-8-17(9-13-28)22-27-20(16-33-22)21(29)25-11-7-18-5-4-15-31-18/h2-6,10,15-17H,1,7-9,11-14H2,(H,25,29). The van der Waals surface area contributed by atoms with Crippen molar-refractivity contribution in [3.05, 3.63) is 75.0 Å². The molecule has 0 radical (unpaired) electrons. The van der Waals surface area contributed by atoms with E-state index >= 15 is 0 Å². The number of carbonyl (C=O) groups excluding carboxylic acids is 2. The van der Waals surface area contributed by atoms with E-state index in [4.69, 9.17) is 0 Å². The highest BCUT2D eigenvalue weighted by Gasteiger charge is 2.28. The Balaban J connectivity index is 1.29. The predicted molar refractivity (Wildman–Crippen MR) is 136 cm³/mol. The summed E-state index contributed by atoms with van der Waals surface area (Å²) in [5.41, 5.74) is 1.14. The number of pyridine rings is 1. The maximum atomic E-state index is 13.1. The second-order valence-electron chi connectivity index (χ2n) is 7.68. The number of thiophene rings is 1. The quantitative estimate of drug-likeness (QED) is 0.337. The number of rotatable bonds is 9. The summed E-state index contributed by atoms with van der Waals surface area (Å²) in [5, 5.41) is 8.57. The Kier molecular flexibility index (Phi) is 8.30. The van der Waals surface area contributed by atoms with Crippen molar-refractivity contribution >= 4 is 46.2 Å². The fraction of sp³-hybridized carbons (Fsp3) is 0.333. The summed E-state index contributed by atoms with van der Waals surface area (Å²) in [6.07, 6.45) is 6.04. The van der Waals surface area contributed by atoms with E-state index in [9.17, 15) is 9.59 Å². The number of piperidine rings is 1. The molecule has 1 aliphatic heterocycles. The number of carbonyl (C=O) groups is 2. The Hall–Kier alpha value is -2.49. The third-order valence-electron chi connectivity index (χ3n) is 5.46. The van der Waals surface area contributed by atoms with Crippen molar-refractivity contribution in [2.24, 2.45) is 0 Å². The van der Waals surface area contributed by atoms with Gasteiger partial charge in [-0.05, 0) is 42.8 Å². The summed E-state index contributed by atoms with van der Waals surface area (Å²) >= 11 is 4.76. The van der Waals surface area contributed by atoms with E-state index in [1.807, 2.05) is 33.9 Å². The summed E-state index contributed by atoms with van der Waals surface area (Å²) in [6.45, 7) is 5.69. The van der Waals surface area contributed by atoms with Crippen LogP contribution < -0.4 is 5.32 Å². The molecular formula is C24H26N4O2S3. The lowest BCUT2D eigenvalue weighted by Crippen LogP contribution is -2.38. The molecule has 1 N–H and O–H groups in total. The molecule has 0 aliphatic carbocycles. The van der Waals surface area contributed by atoms with Crippen molar-refractivity contribution in [1.82, 2.24) is 20.2 Å². The number of hydrogen-bond acceptors (Lipinski definition) is 7. The van der Waals surface area contributed by atoms with E-state index in [1.165, 1.54) is 28.0 Å². The first kappa shape index (κ1) is 23.7. The van der Waals surface area contributed by atoms with Crippen molar-refractivity contribution in [3.63, 3.8) is 0 Å². The first-order valence-corrected chi connectivity index (χ1v) is 13.6. The van der Waals surface area contributed by atoms with Crippen LogP contribution in [0.25, 0.3) is 0 Å². The number of aromatic nitrogens is 2. The van der Waals surface area contributed by atoms with Crippen LogP contribution in [-0.2, 0) is 6.42 Å². The van der Waals surface area contributed by atoms with Gasteiger partial charge in [0, 0.05) is 47.8 Å². The van der Waals surface area contributed by atoms with Gasteiger partial charge in [0.15, 0.2) is 0 Å². The lowest BCUT2D eigenvalue weighted by molar-refractivity contribution is 0.0708. The molecule has 3 aromatic heterocycles. The molecule has 9 heteroatoms. The van der Waals surface area contributed by atoms with Gasteiger partial charge < -0.3 is 10.2 Å². The molecule has 3 aromatic rings. The summed E-state index contributed by atoms with van der Waals surface area (Å²) in [5.74, 6) is 0.893. The average Bonchev–Trinajstić information content (AvgIpc) is 3.55. The molecule has 6 nitrogen and oxygen atoms in total. The third-order valence-corrected chi connectivity index (χ3v) is 8.41. The van der Waals surface area contributed by atoms with Gasteiger partial charge in [0.05, 0.1) is 10.6 Å². The van der Waals surface area contributed by atoms with Crippen LogP contribution in [0.2, 0.25) is 0 Å². The Bertz CT molecular complexity index is 1090. The van der Waals surface area contributed by atoms with Crippen LogP contribution >= 0.6 is 34.4 Å². The Morgan fingerprint density at radius 2 is 2.09 bits per heavy atom. The van der Waals surface area contributed by atoms with Crippen molar-refractivity contribution in [3.8, 4) is 0 Å². The van der Waals surface area contributed by atoms with E-state index in [2.05, 4.69) is 27.9 Å². The molecule has 0 saturated carbocycles. The number of nitrogens with one attached hydrogen (secondary N) is 1. The van der Waals surface area contributed by atoms with Gasteiger partial charge in [-0.15, -0.1) is 41.0 Å². The monoisotopic (exact) mass is 498 g/mol. The second-order valence-corrected chi connectivity index (χ2v) is 10.6. The van der Waals surface area contributed by atoms with Crippen LogP contribution in [0.4, 0.5) is 0 Å². The molecule has 2 amide bonds. The molecule has 172 valence electrons. The molecule has 0 atom stereocenters. The Morgan fingerprint density at radius 3 is 2.85 bits per heavy atom. The smallest absolute Gasteiger partial charge is 0.270 e. The normalized spacial score (nSPS) is 14.2. The van der Waals surface area contributed by atoms with E-state index in [0.717, 1.165) is 29.3 Å². The van der Waals surface area contributed by atoms with Gasteiger partial charge in [0.1, 0.15) is 10.7 Å². The number of thiazole rings is 1. The Morgan fingerprint density at radius 1 is 1.24 bits per heavy atom. The number of nitrogens with zero attached hydrogens (tertiary/aromatic N) is 3. The minimum absolute atomic E-state index is 0.0260. The molecule has 4 heterocycles. The molecule has 4 rings (SSSR count). The van der Waals surface area contributed by atoms with Gasteiger partial charge in [0.2, 0.25) is 0 Å². The average molecular weight is 499 g/mol. The van der Waals surface area contributed by atoms with E-state index in [1.54, 1.807) is 23.6 Å². The van der Waals surface area contributed by atoms with Gasteiger partial charge in [-0.3, -0.25) is 9.59 Å². The van der Waals surface area contributed by atoms with Crippen molar-refractivity contribution in [2.75, 3.05) is 25.4 Å². The first-order chi connectivity index (χ1) is 16.2. The lowest BCUT2D eigenvalue weighted by atomic mass is 9.97. The largest absolute Gasteiger partial charge is 0.350 e. The van der Waals surface area contributed by atoms with E-state index < -0.39 is 0 Å². The number of amides is 2. The number of likely N-dealkylation sites (tertiary alicyclic amines) is 1. The van der Waals surface area contributed by atoms with Crippen molar-refractivity contribution in [1.29, 1.82) is 0 Å². The molecular weight excluding hydrogens is 472 g/mol. The summed E-state index contributed by atoms with van der Waals surface area (Å²) in [4.78, 5) is 37.7. The van der Waals surface area contributed by atoms with Gasteiger partial charge in [0.25, 0.3) is 11.8 Å². The van der Waals surface area contributed by atoms with Gasteiger partial charge in [-0.25, -0.2) is 9.97 Å². The lowest BCUT2D eigenvalue weighted by Gasteiger charge is -2.31. The minimum atomic E-state index is -0.122. The highest BCUT2D eigenvalue weighted by molar-refractivity contribution is 7.99. The van der Waals surface area contributed by atoms with E-state index in [0.29, 0.717) is 36.6 Å². The van der Waals surface area contributed by atoms with Crippen molar-refractivity contribution < 1.29 is 9.59 Å². The third kappa shape index (κ3) is 6.10. The molecule has 0 unspecified atom stereocenters. The molecule has 33 heavy (non-hydrogen) atoms. The highest BCUT2D eigenvalue weighted by Crippen LogP contribution is 2.31. The highest BCUT2D eigenvalue weighted by atomic mass is 32.2. The van der Waals surface area contributed by atoms with Gasteiger partial charge >= 0.3 is 0 Å². The fourth-order valence-corrected chi connectivity index (χ4v) is 6.13. The maximum Gasteiger partial charge on any atom is 0.270 e. The number of hydrogen-bond donors (Lipinski definition) is 1. The number of thioether (sulfide) groups is 1. The SMILES string of the molecule is C=CCSc1ncccc1C(=O)N1CCC(c2nc(C(=O)NCCc3cccs3)cs2)CC1. The molecule has 1 fully saturated rings. The predicted octanol–water partition coefficient (Wildman–Crippen LogP) is 4.87. The first-order valence-electron chi connectivity index (χ1n) is 10.9. The van der Waals surface area contributed by atoms with Gasteiger partial charge in [-0.2, -0.15) is 0 Å². The zero-order chi connectivity index (χ0) is 23.0. The van der Waals surface area contributed by atoms with Gasteiger partial charge in [-0.1, -0.05) is 12.1 Å². The van der Waals surface area contributed by atoms with Crippen LogP contribution in [0.3, 0.4) is 0 Å². The molecule has 1 saturated heterocycles. The summed E-state index contributed by atoms with van der Waals surface area (Å²) in [7, 11) is 0. The van der Waals surface area contributed by atoms with Crippen LogP contribution in [-0.4, -0.2) is 52.1 Å². The van der Waals surface area contributed by atoms with Crippen LogP contribution in [0, 0.1) is 0 Å². The molecule has 0 bridgehead atoms. The van der Waals surface area contributed by atoms with Crippen LogP contribution in [0.1, 0.15) is 49.5 Å².